The van der Waals surface area contributed by atoms with Gasteiger partial charge < -0.3 is 10.2 Å². The molecule has 1 N–H and O–H groups in total. The molecule has 0 aromatic rings. The van der Waals surface area contributed by atoms with Gasteiger partial charge in [-0.3, -0.25) is 14.5 Å². The van der Waals surface area contributed by atoms with E-state index in [1.165, 1.54) is 0 Å². The zero-order valence-corrected chi connectivity index (χ0v) is 10.7. The number of nitrogens with zero attached hydrogens (tertiary/aromatic N) is 2. The first-order valence-corrected chi connectivity index (χ1v) is 5.57. The van der Waals surface area contributed by atoms with E-state index in [-0.39, 0.29) is 18.2 Å². The summed E-state index contributed by atoms with van der Waals surface area (Å²) in [6.07, 6.45) is 0.520. The van der Waals surface area contributed by atoms with Gasteiger partial charge in [0.1, 0.15) is 5.78 Å². The number of likely N-dealkylation sites (N-methyl/N-ethyl adjacent to an activating group) is 2. The largest absolute Gasteiger partial charge is 0.354 e. The third-order valence-corrected chi connectivity index (χ3v) is 2.14. The van der Waals surface area contributed by atoms with Crippen LogP contribution in [0.3, 0.4) is 0 Å². The molecule has 5 nitrogen and oxygen atoms in total. The minimum atomic E-state index is -0.0340. The van der Waals surface area contributed by atoms with Crippen molar-refractivity contribution in [1.29, 1.82) is 0 Å². The first kappa shape index (κ1) is 15.1. The lowest BCUT2D eigenvalue weighted by molar-refractivity contribution is -0.123. The van der Waals surface area contributed by atoms with E-state index >= 15 is 0 Å². The number of nitrogens with one attached hydrogen (secondary N) is 1. The standard InChI is InChI=1S/C11H23N3O2/c1-5-10(15)8-14(4)9-11(16)12-6-7-13(2)3/h5-9H2,1-4H3,(H,12,16). The molecule has 0 aliphatic rings. The van der Waals surface area contributed by atoms with Gasteiger partial charge in [-0.1, -0.05) is 6.92 Å². The van der Waals surface area contributed by atoms with Crippen LogP contribution in [0.1, 0.15) is 13.3 Å². The molecule has 16 heavy (non-hydrogen) atoms. The maximum Gasteiger partial charge on any atom is 0.234 e. The SMILES string of the molecule is CCC(=O)CN(C)CC(=O)NCCN(C)C. The van der Waals surface area contributed by atoms with Crippen molar-refractivity contribution in [3.05, 3.63) is 0 Å². The Bertz CT molecular complexity index is 229. The lowest BCUT2D eigenvalue weighted by Gasteiger charge is -2.15. The van der Waals surface area contributed by atoms with Crippen molar-refractivity contribution in [2.24, 2.45) is 0 Å². The van der Waals surface area contributed by atoms with Crippen LogP contribution >= 0.6 is 0 Å². The monoisotopic (exact) mass is 229 g/mol. The molecule has 0 spiro atoms. The van der Waals surface area contributed by atoms with Crippen LogP contribution in [0.4, 0.5) is 0 Å². The van der Waals surface area contributed by atoms with Crippen molar-refractivity contribution in [3.8, 4) is 0 Å². The molecule has 0 saturated heterocycles. The number of hydrogen-bond acceptors (Lipinski definition) is 4. The van der Waals surface area contributed by atoms with E-state index in [1.807, 2.05) is 25.9 Å². The molecule has 0 atom stereocenters. The average molecular weight is 229 g/mol. The Labute approximate surface area is 97.8 Å². The van der Waals surface area contributed by atoms with E-state index in [0.29, 0.717) is 19.5 Å². The number of Topliss-reactive ketones (excluding diaryl/α,β-unsaturated/α-hetero) is 1. The van der Waals surface area contributed by atoms with Crippen molar-refractivity contribution in [2.45, 2.75) is 13.3 Å². The summed E-state index contributed by atoms with van der Waals surface area (Å²) in [5, 5.41) is 2.80. The van der Waals surface area contributed by atoms with Gasteiger partial charge in [-0.05, 0) is 21.1 Å². The van der Waals surface area contributed by atoms with Gasteiger partial charge in [0.2, 0.25) is 5.91 Å². The predicted molar refractivity (Wildman–Crippen MR) is 64.4 cm³/mol. The maximum atomic E-state index is 11.4. The smallest absolute Gasteiger partial charge is 0.234 e. The third-order valence-electron chi connectivity index (χ3n) is 2.14. The average Bonchev–Trinajstić information content (AvgIpc) is 2.16. The van der Waals surface area contributed by atoms with E-state index in [1.54, 1.807) is 11.9 Å². The number of ketones is 1. The molecular formula is C11H23N3O2. The van der Waals surface area contributed by atoms with Gasteiger partial charge in [-0.15, -0.1) is 0 Å². The molecule has 0 bridgehead atoms. The second-order valence-electron chi connectivity index (χ2n) is 4.22. The van der Waals surface area contributed by atoms with E-state index in [0.717, 1.165) is 6.54 Å². The van der Waals surface area contributed by atoms with Gasteiger partial charge in [0.25, 0.3) is 0 Å². The summed E-state index contributed by atoms with van der Waals surface area (Å²) in [6, 6.07) is 0. The summed E-state index contributed by atoms with van der Waals surface area (Å²) in [7, 11) is 5.69. The van der Waals surface area contributed by atoms with E-state index in [9.17, 15) is 9.59 Å². The molecule has 0 radical (unpaired) electrons. The highest BCUT2D eigenvalue weighted by atomic mass is 16.2. The fourth-order valence-corrected chi connectivity index (χ4v) is 1.19. The predicted octanol–water partition coefficient (Wildman–Crippen LogP) is -0.425. The summed E-state index contributed by atoms with van der Waals surface area (Å²) < 4.78 is 0. The Hall–Kier alpha value is -0.940. The normalized spacial score (nSPS) is 10.9. The summed E-state index contributed by atoms with van der Waals surface area (Å²) in [5.41, 5.74) is 0. The Morgan fingerprint density at radius 3 is 2.25 bits per heavy atom. The molecule has 0 rings (SSSR count). The van der Waals surface area contributed by atoms with Crippen LogP contribution in [-0.2, 0) is 9.59 Å². The minimum absolute atomic E-state index is 0.0340. The van der Waals surface area contributed by atoms with Crippen LogP contribution in [0.5, 0.6) is 0 Å². The van der Waals surface area contributed by atoms with E-state index in [4.69, 9.17) is 0 Å². The van der Waals surface area contributed by atoms with Crippen LogP contribution in [0, 0.1) is 0 Å². The zero-order chi connectivity index (χ0) is 12.6. The van der Waals surface area contributed by atoms with Crippen molar-refractivity contribution in [3.63, 3.8) is 0 Å². The molecule has 0 heterocycles. The van der Waals surface area contributed by atoms with Gasteiger partial charge >= 0.3 is 0 Å². The molecule has 1 amide bonds. The van der Waals surface area contributed by atoms with Crippen molar-refractivity contribution >= 4 is 11.7 Å². The van der Waals surface area contributed by atoms with Crippen molar-refractivity contribution < 1.29 is 9.59 Å². The molecule has 5 heteroatoms. The van der Waals surface area contributed by atoms with Gasteiger partial charge in [0.15, 0.2) is 0 Å². The quantitative estimate of drug-likeness (QED) is 0.614. The van der Waals surface area contributed by atoms with Crippen LogP contribution in [0.15, 0.2) is 0 Å². The van der Waals surface area contributed by atoms with Crippen LogP contribution < -0.4 is 5.32 Å². The zero-order valence-electron chi connectivity index (χ0n) is 10.7. The molecular weight excluding hydrogens is 206 g/mol. The lowest BCUT2D eigenvalue weighted by Crippen LogP contribution is -2.39. The van der Waals surface area contributed by atoms with Crippen molar-refractivity contribution in [2.75, 3.05) is 47.3 Å². The van der Waals surface area contributed by atoms with Crippen LogP contribution in [0.25, 0.3) is 0 Å². The van der Waals surface area contributed by atoms with Gasteiger partial charge in [-0.25, -0.2) is 0 Å². The lowest BCUT2D eigenvalue weighted by atomic mass is 10.3. The van der Waals surface area contributed by atoms with Crippen LogP contribution in [0.2, 0.25) is 0 Å². The number of amides is 1. The first-order valence-electron chi connectivity index (χ1n) is 5.57. The van der Waals surface area contributed by atoms with E-state index < -0.39 is 0 Å². The fourth-order valence-electron chi connectivity index (χ4n) is 1.19. The molecule has 0 aromatic heterocycles. The second-order valence-corrected chi connectivity index (χ2v) is 4.22. The molecule has 0 unspecified atom stereocenters. The van der Waals surface area contributed by atoms with E-state index in [2.05, 4.69) is 5.32 Å². The molecule has 94 valence electrons. The Balaban J connectivity index is 3.66. The maximum absolute atomic E-state index is 11.4. The second kappa shape index (κ2) is 8.24. The number of carbonyl (C=O) groups excluding carboxylic acids is 2. The highest BCUT2D eigenvalue weighted by molar-refractivity contribution is 5.82. The molecule has 0 saturated carbocycles. The van der Waals surface area contributed by atoms with Gasteiger partial charge in [0.05, 0.1) is 13.1 Å². The molecule has 0 fully saturated rings. The Morgan fingerprint density at radius 2 is 1.75 bits per heavy atom. The molecule has 0 aliphatic carbocycles. The van der Waals surface area contributed by atoms with Gasteiger partial charge in [-0.2, -0.15) is 0 Å². The minimum Gasteiger partial charge on any atom is -0.354 e. The molecule has 0 aromatic carbocycles. The number of carbonyl (C=O) groups is 2. The summed E-state index contributed by atoms with van der Waals surface area (Å²) >= 11 is 0. The third kappa shape index (κ3) is 8.38. The fraction of sp³-hybridized carbons (Fsp3) is 0.818. The highest BCUT2D eigenvalue weighted by Crippen LogP contribution is 1.87. The summed E-state index contributed by atoms with van der Waals surface area (Å²) in [6.45, 7) is 3.91. The summed E-state index contributed by atoms with van der Waals surface area (Å²) in [4.78, 5) is 26.3. The Morgan fingerprint density at radius 1 is 1.12 bits per heavy atom. The number of rotatable bonds is 8. The van der Waals surface area contributed by atoms with Crippen molar-refractivity contribution in [1.82, 2.24) is 15.1 Å². The highest BCUT2D eigenvalue weighted by Gasteiger charge is 2.08. The summed E-state index contributed by atoms with van der Waals surface area (Å²) in [5.74, 6) is 0.122. The van der Waals surface area contributed by atoms with Gasteiger partial charge in [0, 0.05) is 19.5 Å². The topological polar surface area (TPSA) is 52.7 Å². The first-order chi connectivity index (χ1) is 7.45. The Kier molecular flexibility index (Phi) is 7.76. The van der Waals surface area contributed by atoms with Crippen LogP contribution in [-0.4, -0.2) is 68.8 Å². The molecule has 0 aliphatic heterocycles. The number of hydrogen-bond donors (Lipinski definition) is 1.